The van der Waals surface area contributed by atoms with E-state index in [1.54, 1.807) is 0 Å². The Morgan fingerprint density at radius 3 is 2.23 bits per heavy atom. The number of rotatable bonds is 3. The topological polar surface area (TPSA) is 38.7 Å². The summed E-state index contributed by atoms with van der Waals surface area (Å²) in [7, 11) is 0. The van der Waals surface area contributed by atoms with Gasteiger partial charge in [-0.1, -0.05) is 20.8 Å². The van der Waals surface area contributed by atoms with Crippen LogP contribution < -0.4 is 0 Å². The van der Waals surface area contributed by atoms with Crippen LogP contribution in [0.2, 0.25) is 0 Å². The smallest absolute Gasteiger partial charge is 0.164 e. The fourth-order valence-electron chi connectivity index (χ4n) is 1.30. The molecule has 0 saturated carbocycles. The van der Waals surface area contributed by atoms with Crippen molar-refractivity contribution in [2.24, 2.45) is 11.3 Å². The van der Waals surface area contributed by atoms with E-state index in [4.69, 9.17) is 14.6 Å². The summed E-state index contributed by atoms with van der Waals surface area (Å²) < 4.78 is 11.1. The quantitative estimate of drug-likeness (QED) is 0.727. The van der Waals surface area contributed by atoms with Crippen LogP contribution in [0.1, 0.15) is 27.2 Å². The van der Waals surface area contributed by atoms with Crippen LogP contribution in [-0.2, 0) is 9.47 Å². The molecule has 0 bridgehead atoms. The van der Waals surface area contributed by atoms with Gasteiger partial charge < -0.3 is 14.6 Å². The Balaban J connectivity index is 2.40. The predicted octanol–water partition coefficient (Wildman–Crippen LogP) is 1.40. The highest BCUT2D eigenvalue weighted by Crippen LogP contribution is 2.28. The minimum absolute atomic E-state index is 0.0917. The third-order valence-electron chi connectivity index (χ3n) is 2.59. The summed E-state index contributed by atoms with van der Waals surface area (Å²) >= 11 is 0. The minimum atomic E-state index is -0.293. The second kappa shape index (κ2) is 4.40. The lowest BCUT2D eigenvalue weighted by Crippen LogP contribution is -2.43. The van der Waals surface area contributed by atoms with Crippen molar-refractivity contribution in [1.82, 2.24) is 0 Å². The summed E-state index contributed by atoms with van der Waals surface area (Å²) in [5.74, 6) is 0.519. The van der Waals surface area contributed by atoms with Gasteiger partial charge in [-0.3, -0.25) is 0 Å². The van der Waals surface area contributed by atoms with Crippen molar-refractivity contribution >= 4 is 0 Å². The van der Waals surface area contributed by atoms with Crippen molar-refractivity contribution in [3.8, 4) is 0 Å². The fourth-order valence-corrected chi connectivity index (χ4v) is 1.30. The summed E-state index contributed by atoms with van der Waals surface area (Å²) in [6, 6.07) is 0. The predicted molar refractivity (Wildman–Crippen MR) is 50.3 cm³/mol. The summed E-state index contributed by atoms with van der Waals surface area (Å²) in [6.07, 6.45) is 0.840. The van der Waals surface area contributed by atoms with Gasteiger partial charge in [0.15, 0.2) is 6.29 Å². The van der Waals surface area contributed by atoms with Crippen molar-refractivity contribution in [3.63, 3.8) is 0 Å². The highest BCUT2D eigenvalue weighted by molar-refractivity contribution is 4.75. The lowest BCUT2D eigenvalue weighted by atomic mass is 9.93. The molecule has 0 amide bonds. The molecule has 0 aromatic carbocycles. The van der Waals surface area contributed by atoms with Gasteiger partial charge in [0, 0.05) is 11.3 Å². The molecule has 1 aliphatic heterocycles. The van der Waals surface area contributed by atoms with Crippen LogP contribution in [0.5, 0.6) is 0 Å². The summed E-state index contributed by atoms with van der Waals surface area (Å²) in [5.41, 5.74) is -0.293. The molecule has 1 saturated heterocycles. The average molecular weight is 188 g/mol. The number of ether oxygens (including phenoxy) is 2. The molecule has 0 aliphatic carbocycles. The van der Waals surface area contributed by atoms with Gasteiger partial charge in [0.2, 0.25) is 0 Å². The summed E-state index contributed by atoms with van der Waals surface area (Å²) in [5, 5.41) is 9.11. The number of hydrogen-bond acceptors (Lipinski definition) is 3. The van der Waals surface area contributed by atoms with Gasteiger partial charge in [-0.05, 0) is 6.42 Å². The number of hydrogen-bond donors (Lipinski definition) is 1. The van der Waals surface area contributed by atoms with Crippen LogP contribution in [0.4, 0.5) is 0 Å². The lowest BCUT2D eigenvalue weighted by Gasteiger charge is -2.37. The Morgan fingerprint density at radius 2 is 1.85 bits per heavy atom. The van der Waals surface area contributed by atoms with Crippen LogP contribution >= 0.6 is 0 Å². The van der Waals surface area contributed by atoms with Crippen molar-refractivity contribution in [3.05, 3.63) is 0 Å². The SMILES string of the molecule is CCC1COC(C(C)(C)CO)OC1. The minimum Gasteiger partial charge on any atom is -0.396 e. The van der Waals surface area contributed by atoms with E-state index < -0.39 is 0 Å². The first kappa shape index (κ1) is 11.0. The van der Waals surface area contributed by atoms with Gasteiger partial charge in [-0.2, -0.15) is 0 Å². The molecule has 13 heavy (non-hydrogen) atoms. The zero-order valence-electron chi connectivity index (χ0n) is 8.75. The molecule has 0 aromatic rings. The largest absolute Gasteiger partial charge is 0.396 e. The molecule has 78 valence electrons. The third kappa shape index (κ3) is 2.66. The van der Waals surface area contributed by atoms with E-state index >= 15 is 0 Å². The van der Waals surface area contributed by atoms with Gasteiger partial charge in [-0.25, -0.2) is 0 Å². The first-order chi connectivity index (χ1) is 6.10. The van der Waals surface area contributed by atoms with E-state index in [1.807, 2.05) is 13.8 Å². The molecule has 1 N–H and O–H groups in total. The number of aliphatic hydroxyl groups excluding tert-OH is 1. The van der Waals surface area contributed by atoms with E-state index in [0.29, 0.717) is 5.92 Å². The van der Waals surface area contributed by atoms with Gasteiger partial charge in [0.05, 0.1) is 19.8 Å². The highest BCUT2D eigenvalue weighted by Gasteiger charge is 2.34. The van der Waals surface area contributed by atoms with E-state index in [0.717, 1.165) is 19.6 Å². The summed E-state index contributed by atoms with van der Waals surface area (Å²) in [6.45, 7) is 7.63. The molecule has 3 nitrogen and oxygen atoms in total. The standard InChI is InChI=1S/C10H20O3/c1-4-8-5-12-9(13-6-8)10(2,3)7-11/h8-9,11H,4-7H2,1-3H3. The van der Waals surface area contributed by atoms with Crippen LogP contribution in [-0.4, -0.2) is 31.2 Å². The second-order valence-corrected chi connectivity index (χ2v) is 4.42. The molecule has 0 aromatic heterocycles. The summed E-state index contributed by atoms with van der Waals surface area (Å²) in [4.78, 5) is 0. The third-order valence-corrected chi connectivity index (χ3v) is 2.59. The first-order valence-electron chi connectivity index (χ1n) is 4.94. The average Bonchev–Trinajstić information content (AvgIpc) is 2.18. The van der Waals surface area contributed by atoms with Gasteiger partial charge in [0.1, 0.15) is 0 Å². The Labute approximate surface area is 80.0 Å². The molecule has 1 heterocycles. The van der Waals surface area contributed by atoms with Crippen molar-refractivity contribution < 1.29 is 14.6 Å². The molecule has 0 atom stereocenters. The first-order valence-corrected chi connectivity index (χ1v) is 4.94. The maximum Gasteiger partial charge on any atom is 0.164 e. The Hall–Kier alpha value is -0.120. The number of aliphatic hydroxyl groups is 1. The molecule has 1 aliphatic rings. The normalized spacial score (nSPS) is 30.5. The van der Waals surface area contributed by atoms with Crippen LogP contribution in [0.3, 0.4) is 0 Å². The molecule has 3 heteroatoms. The van der Waals surface area contributed by atoms with E-state index in [2.05, 4.69) is 6.92 Å². The van der Waals surface area contributed by atoms with Crippen LogP contribution in [0, 0.1) is 11.3 Å². The molecular formula is C10H20O3. The monoisotopic (exact) mass is 188 g/mol. The zero-order chi connectivity index (χ0) is 9.90. The molecule has 0 unspecified atom stereocenters. The second-order valence-electron chi connectivity index (χ2n) is 4.42. The maximum absolute atomic E-state index is 9.11. The van der Waals surface area contributed by atoms with Gasteiger partial charge >= 0.3 is 0 Å². The lowest BCUT2D eigenvalue weighted by molar-refractivity contribution is -0.252. The van der Waals surface area contributed by atoms with E-state index in [-0.39, 0.29) is 18.3 Å². The molecule has 0 spiro atoms. The molecule has 1 rings (SSSR count). The Kier molecular flexibility index (Phi) is 3.71. The van der Waals surface area contributed by atoms with Gasteiger partial charge in [-0.15, -0.1) is 0 Å². The van der Waals surface area contributed by atoms with Crippen molar-refractivity contribution in [2.75, 3.05) is 19.8 Å². The molecular weight excluding hydrogens is 168 g/mol. The van der Waals surface area contributed by atoms with Crippen LogP contribution in [0.15, 0.2) is 0 Å². The van der Waals surface area contributed by atoms with E-state index in [1.165, 1.54) is 0 Å². The molecule has 0 radical (unpaired) electrons. The highest BCUT2D eigenvalue weighted by atomic mass is 16.7. The zero-order valence-corrected chi connectivity index (χ0v) is 8.75. The van der Waals surface area contributed by atoms with E-state index in [9.17, 15) is 0 Å². The maximum atomic E-state index is 9.11. The Morgan fingerprint density at radius 1 is 1.31 bits per heavy atom. The Bertz CT molecular complexity index is 148. The van der Waals surface area contributed by atoms with Crippen LogP contribution in [0.25, 0.3) is 0 Å². The van der Waals surface area contributed by atoms with Crippen molar-refractivity contribution in [1.29, 1.82) is 0 Å². The van der Waals surface area contributed by atoms with Crippen molar-refractivity contribution in [2.45, 2.75) is 33.5 Å². The van der Waals surface area contributed by atoms with Gasteiger partial charge in [0.25, 0.3) is 0 Å². The molecule has 1 fully saturated rings. The fraction of sp³-hybridized carbons (Fsp3) is 1.00.